The minimum atomic E-state index is 0.538. The van der Waals surface area contributed by atoms with E-state index in [9.17, 15) is 0 Å². The Morgan fingerprint density at radius 2 is 2.22 bits per heavy atom. The Bertz CT molecular complexity index is 380. The summed E-state index contributed by atoms with van der Waals surface area (Å²) in [7, 11) is 2.20. The number of aromatic nitrogens is 1. The zero-order valence-corrected chi connectivity index (χ0v) is 11.7. The topological polar surface area (TPSA) is 31.4 Å². The summed E-state index contributed by atoms with van der Waals surface area (Å²) in [6.07, 6.45) is 5.08. The van der Waals surface area contributed by atoms with Crippen LogP contribution >= 0.6 is 0 Å². The maximum atomic E-state index is 4.34. The molecule has 2 rings (SSSR count). The van der Waals surface area contributed by atoms with E-state index in [1.54, 1.807) is 0 Å². The highest BCUT2D eigenvalue weighted by Gasteiger charge is 2.20. The van der Waals surface area contributed by atoms with Gasteiger partial charge in [-0.25, -0.2) is 0 Å². The van der Waals surface area contributed by atoms with Gasteiger partial charge < -0.3 is 15.1 Å². The molecule has 2 heterocycles. The summed E-state index contributed by atoms with van der Waals surface area (Å²) in [5, 5.41) is 3.33. The second-order valence-corrected chi connectivity index (χ2v) is 5.12. The third-order valence-electron chi connectivity index (χ3n) is 3.48. The van der Waals surface area contributed by atoms with Crippen molar-refractivity contribution in [2.45, 2.75) is 26.3 Å². The summed E-state index contributed by atoms with van der Waals surface area (Å²) >= 11 is 0. The Labute approximate surface area is 110 Å². The SMILES string of the molecule is CCNc1cncc(N2CCCN(C)CC2C)c1. The highest BCUT2D eigenvalue weighted by atomic mass is 15.2. The van der Waals surface area contributed by atoms with Crippen molar-refractivity contribution in [3.8, 4) is 0 Å². The van der Waals surface area contributed by atoms with Gasteiger partial charge in [-0.1, -0.05) is 0 Å². The third kappa shape index (κ3) is 3.13. The number of hydrogen-bond acceptors (Lipinski definition) is 4. The van der Waals surface area contributed by atoms with Crippen LogP contribution in [-0.2, 0) is 0 Å². The number of anilines is 2. The quantitative estimate of drug-likeness (QED) is 0.887. The molecule has 1 atom stereocenters. The van der Waals surface area contributed by atoms with Crippen molar-refractivity contribution in [1.29, 1.82) is 0 Å². The minimum absolute atomic E-state index is 0.538. The highest BCUT2D eigenvalue weighted by molar-refractivity contribution is 5.56. The first-order valence-electron chi connectivity index (χ1n) is 6.85. The fraction of sp³-hybridized carbons (Fsp3) is 0.643. The molecular formula is C14H24N4. The fourth-order valence-electron chi connectivity index (χ4n) is 2.64. The lowest BCUT2D eigenvalue weighted by Crippen LogP contribution is -2.38. The summed E-state index contributed by atoms with van der Waals surface area (Å²) in [6.45, 7) is 8.75. The van der Waals surface area contributed by atoms with Gasteiger partial charge >= 0.3 is 0 Å². The van der Waals surface area contributed by atoms with Crippen molar-refractivity contribution in [3.63, 3.8) is 0 Å². The summed E-state index contributed by atoms with van der Waals surface area (Å²) in [5.74, 6) is 0. The Balaban J connectivity index is 2.15. The van der Waals surface area contributed by atoms with Gasteiger partial charge in [0, 0.05) is 25.7 Å². The second kappa shape index (κ2) is 6.05. The number of hydrogen-bond donors (Lipinski definition) is 1. The molecule has 18 heavy (non-hydrogen) atoms. The molecule has 1 aromatic heterocycles. The first-order valence-corrected chi connectivity index (χ1v) is 6.85. The number of rotatable bonds is 3. The van der Waals surface area contributed by atoms with Crippen LogP contribution in [0.1, 0.15) is 20.3 Å². The lowest BCUT2D eigenvalue weighted by molar-refractivity contribution is 0.337. The van der Waals surface area contributed by atoms with Gasteiger partial charge in [-0.3, -0.25) is 4.98 Å². The lowest BCUT2D eigenvalue weighted by atomic mass is 10.2. The predicted octanol–water partition coefficient (Wildman–Crippen LogP) is 2.04. The van der Waals surface area contributed by atoms with E-state index in [1.807, 2.05) is 12.4 Å². The van der Waals surface area contributed by atoms with Gasteiger partial charge in [-0.05, 0) is 39.9 Å². The molecule has 0 radical (unpaired) electrons. The van der Waals surface area contributed by atoms with E-state index < -0.39 is 0 Å². The molecule has 1 N–H and O–H groups in total. The third-order valence-corrected chi connectivity index (χ3v) is 3.48. The van der Waals surface area contributed by atoms with E-state index in [-0.39, 0.29) is 0 Å². The Kier molecular flexibility index (Phi) is 4.42. The molecule has 0 spiro atoms. The molecule has 4 heteroatoms. The largest absolute Gasteiger partial charge is 0.384 e. The average molecular weight is 248 g/mol. The summed E-state index contributed by atoms with van der Waals surface area (Å²) in [5.41, 5.74) is 2.34. The van der Waals surface area contributed by atoms with E-state index in [0.29, 0.717) is 6.04 Å². The zero-order valence-electron chi connectivity index (χ0n) is 11.7. The van der Waals surface area contributed by atoms with Crippen molar-refractivity contribution >= 4 is 11.4 Å². The molecule has 100 valence electrons. The maximum Gasteiger partial charge on any atom is 0.0576 e. The second-order valence-electron chi connectivity index (χ2n) is 5.12. The van der Waals surface area contributed by atoms with E-state index in [0.717, 1.165) is 25.3 Å². The number of likely N-dealkylation sites (N-methyl/N-ethyl adjacent to an activating group) is 1. The molecule has 1 unspecified atom stereocenters. The summed E-state index contributed by atoms with van der Waals surface area (Å²) in [6, 6.07) is 2.74. The molecule has 1 saturated heterocycles. The van der Waals surface area contributed by atoms with Crippen molar-refractivity contribution < 1.29 is 0 Å². The Hall–Kier alpha value is -1.29. The molecule has 4 nitrogen and oxygen atoms in total. The monoisotopic (exact) mass is 248 g/mol. The lowest BCUT2D eigenvalue weighted by Gasteiger charge is -2.30. The van der Waals surface area contributed by atoms with Gasteiger partial charge in [0.2, 0.25) is 0 Å². The molecule has 1 aliphatic rings. The van der Waals surface area contributed by atoms with Crippen LogP contribution in [0.5, 0.6) is 0 Å². The molecule has 1 aromatic rings. The van der Waals surface area contributed by atoms with Gasteiger partial charge in [0.05, 0.1) is 23.8 Å². The molecule has 1 aliphatic heterocycles. The number of pyridine rings is 1. The van der Waals surface area contributed by atoms with Crippen molar-refractivity contribution in [2.24, 2.45) is 0 Å². The van der Waals surface area contributed by atoms with Crippen LogP contribution in [0.3, 0.4) is 0 Å². The standard InChI is InChI=1S/C14H24N4/c1-4-16-13-8-14(10-15-9-13)18-7-5-6-17(3)11-12(18)2/h8-10,12,16H,4-7,11H2,1-3H3. The molecule has 0 bridgehead atoms. The van der Waals surface area contributed by atoms with Gasteiger partial charge in [0.25, 0.3) is 0 Å². The van der Waals surface area contributed by atoms with Crippen molar-refractivity contribution in [2.75, 3.05) is 43.4 Å². The van der Waals surface area contributed by atoms with E-state index in [4.69, 9.17) is 0 Å². The molecule has 0 aromatic carbocycles. The Morgan fingerprint density at radius 1 is 1.39 bits per heavy atom. The van der Waals surface area contributed by atoms with Gasteiger partial charge in [-0.2, -0.15) is 0 Å². The minimum Gasteiger partial charge on any atom is -0.384 e. The zero-order chi connectivity index (χ0) is 13.0. The van der Waals surface area contributed by atoms with Gasteiger partial charge in [-0.15, -0.1) is 0 Å². The normalized spacial score (nSPS) is 21.7. The summed E-state index contributed by atoms with van der Waals surface area (Å²) < 4.78 is 0. The summed E-state index contributed by atoms with van der Waals surface area (Å²) in [4.78, 5) is 9.22. The van der Waals surface area contributed by atoms with Gasteiger partial charge in [0.15, 0.2) is 0 Å². The first kappa shape index (κ1) is 13.1. The van der Waals surface area contributed by atoms with Crippen molar-refractivity contribution in [1.82, 2.24) is 9.88 Å². The van der Waals surface area contributed by atoms with Gasteiger partial charge in [0.1, 0.15) is 0 Å². The van der Waals surface area contributed by atoms with Crippen LogP contribution in [0.15, 0.2) is 18.5 Å². The van der Waals surface area contributed by atoms with Crippen LogP contribution in [0.25, 0.3) is 0 Å². The van der Waals surface area contributed by atoms with E-state index in [2.05, 4.69) is 47.1 Å². The molecule has 0 amide bonds. The highest BCUT2D eigenvalue weighted by Crippen LogP contribution is 2.22. The maximum absolute atomic E-state index is 4.34. The molecule has 1 fully saturated rings. The Morgan fingerprint density at radius 3 is 3.00 bits per heavy atom. The molecular weight excluding hydrogens is 224 g/mol. The van der Waals surface area contributed by atoms with Crippen LogP contribution in [-0.4, -0.2) is 49.2 Å². The first-order chi connectivity index (χ1) is 8.70. The predicted molar refractivity (Wildman–Crippen MR) is 77.3 cm³/mol. The molecule has 0 aliphatic carbocycles. The van der Waals surface area contributed by atoms with E-state index in [1.165, 1.54) is 18.7 Å². The van der Waals surface area contributed by atoms with Crippen LogP contribution in [0, 0.1) is 0 Å². The number of nitrogens with one attached hydrogen (secondary N) is 1. The average Bonchev–Trinajstić information content (AvgIpc) is 2.51. The fourth-order valence-corrected chi connectivity index (χ4v) is 2.64. The van der Waals surface area contributed by atoms with Crippen LogP contribution in [0.2, 0.25) is 0 Å². The van der Waals surface area contributed by atoms with E-state index >= 15 is 0 Å². The number of nitrogens with zero attached hydrogens (tertiary/aromatic N) is 3. The van der Waals surface area contributed by atoms with Crippen LogP contribution < -0.4 is 10.2 Å². The van der Waals surface area contributed by atoms with Crippen LogP contribution in [0.4, 0.5) is 11.4 Å². The smallest absolute Gasteiger partial charge is 0.0576 e. The van der Waals surface area contributed by atoms with Crippen molar-refractivity contribution in [3.05, 3.63) is 18.5 Å². The molecule has 0 saturated carbocycles.